The van der Waals surface area contributed by atoms with Gasteiger partial charge in [-0.05, 0) is 13.8 Å². The predicted octanol–water partition coefficient (Wildman–Crippen LogP) is 1.91. The molecule has 0 radical (unpaired) electrons. The lowest BCUT2D eigenvalue weighted by atomic mass is 10.4. The van der Waals surface area contributed by atoms with E-state index >= 15 is 0 Å². The molecule has 0 saturated heterocycles. The van der Waals surface area contributed by atoms with Crippen molar-refractivity contribution in [2.45, 2.75) is 33.2 Å². The van der Waals surface area contributed by atoms with Gasteiger partial charge in [0.2, 0.25) is 0 Å². The van der Waals surface area contributed by atoms with Crippen molar-refractivity contribution in [1.82, 2.24) is 0 Å². The minimum atomic E-state index is 0.137. The van der Waals surface area contributed by atoms with Crippen LogP contribution in [0.5, 0.6) is 0 Å². The molecule has 0 aliphatic carbocycles. The van der Waals surface area contributed by atoms with E-state index in [1.165, 1.54) is 5.57 Å². The lowest BCUT2D eigenvalue weighted by Crippen LogP contribution is -1.90. The molecule has 0 spiro atoms. The fraction of sp³-hybridized carbons (Fsp3) is 0.714. The van der Waals surface area contributed by atoms with E-state index in [1.807, 2.05) is 0 Å². The summed E-state index contributed by atoms with van der Waals surface area (Å²) in [7, 11) is 0.137. The van der Waals surface area contributed by atoms with Crippen molar-refractivity contribution in [2.75, 3.05) is 0 Å². The minimum Gasteiger partial charge on any atom is -0.103 e. The monoisotopic (exact) mass is 128 g/mol. The van der Waals surface area contributed by atoms with E-state index in [1.54, 1.807) is 0 Å². The second-order valence-corrected chi connectivity index (χ2v) is 5.42. The molecule has 0 bridgehead atoms. The van der Waals surface area contributed by atoms with Crippen molar-refractivity contribution in [2.24, 2.45) is 0 Å². The molecule has 0 aromatic heterocycles. The van der Waals surface area contributed by atoms with Crippen LogP contribution in [0.1, 0.15) is 27.7 Å². The van der Waals surface area contributed by atoms with Crippen LogP contribution in [0.25, 0.3) is 0 Å². The first-order valence-electron chi connectivity index (χ1n) is 3.26. The summed E-state index contributed by atoms with van der Waals surface area (Å²) in [6.07, 6.45) is 0. The Morgan fingerprint density at radius 3 is 2.00 bits per heavy atom. The zero-order valence-corrected chi connectivity index (χ0v) is 7.78. The molecular formula is C7H16Si. The topological polar surface area (TPSA) is 0 Å². The molecule has 0 N–H and O–H groups in total. The van der Waals surface area contributed by atoms with Gasteiger partial charge < -0.3 is 0 Å². The summed E-state index contributed by atoms with van der Waals surface area (Å²) < 4.78 is 0. The highest BCUT2D eigenvalue weighted by Gasteiger charge is 1.87. The van der Waals surface area contributed by atoms with Crippen LogP contribution in [0.3, 0.4) is 0 Å². The Hall–Kier alpha value is -0.0431. The summed E-state index contributed by atoms with van der Waals surface area (Å²) in [6, 6.07) is 0. The second-order valence-electron chi connectivity index (χ2n) is 2.91. The lowest BCUT2D eigenvalue weighted by molar-refractivity contribution is 1.06. The Balaban J connectivity index is 3.29. The molecule has 48 valence electrons. The normalized spacial score (nSPS) is 11.1. The molecule has 0 aromatic carbocycles. The van der Waals surface area contributed by atoms with Gasteiger partial charge in [-0.1, -0.05) is 25.0 Å². The van der Waals surface area contributed by atoms with Gasteiger partial charge in [-0.15, -0.1) is 5.70 Å². The molecule has 0 aliphatic heterocycles. The number of hydrogen-bond donors (Lipinski definition) is 0. The van der Waals surface area contributed by atoms with Gasteiger partial charge in [0.15, 0.2) is 0 Å². The summed E-state index contributed by atoms with van der Waals surface area (Å²) >= 11 is 0. The fourth-order valence-electron chi connectivity index (χ4n) is 0.471. The van der Waals surface area contributed by atoms with Crippen molar-refractivity contribution in [3.05, 3.63) is 11.3 Å². The van der Waals surface area contributed by atoms with Gasteiger partial charge in [0.05, 0.1) is 0 Å². The van der Waals surface area contributed by atoms with Crippen molar-refractivity contribution >= 4 is 9.52 Å². The zero-order valence-electron chi connectivity index (χ0n) is 6.36. The van der Waals surface area contributed by atoms with Crippen LogP contribution in [0.4, 0.5) is 0 Å². The van der Waals surface area contributed by atoms with Crippen molar-refractivity contribution < 1.29 is 0 Å². The first kappa shape index (κ1) is 7.96. The van der Waals surface area contributed by atoms with Gasteiger partial charge in [-0.2, -0.15) is 0 Å². The van der Waals surface area contributed by atoms with Gasteiger partial charge in [0.25, 0.3) is 0 Å². The quantitative estimate of drug-likeness (QED) is 0.498. The highest BCUT2D eigenvalue weighted by molar-refractivity contribution is 6.43. The summed E-state index contributed by atoms with van der Waals surface area (Å²) in [5.41, 5.74) is 4.86. The van der Waals surface area contributed by atoms with E-state index in [-0.39, 0.29) is 9.52 Å². The van der Waals surface area contributed by atoms with Crippen molar-refractivity contribution in [3.63, 3.8) is 0 Å². The van der Waals surface area contributed by atoms with Crippen LogP contribution in [-0.2, 0) is 0 Å². The molecule has 0 aromatic rings. The van der Waals surface area contributed by atoms with E-state index in [0.29, 0.717) is 0 Å². The standard InChI is InChI=1S/C7H16Si/c1-6(2)5-8-7(3)4/h5,7H,8H2,1-4H3. The first-order chi connectivity index (χ1) is 3.63. The summed E-state index contributed by atoms with van der Waals surface area (Å²) in [5, 5.41) is 0. The molecule has 0 atom stereocenters. The number of rotatable bonds is 2. The van der Waals surface area contributed by atoms with E-state index in [0.717, 1.165) is 5.54 Å². The van der Waals surface area contributed by atoms with Gasteiger partial charge >= 0.3 is 0 Å². The average Bonchev–Trinajstić information content (AvgIpc) is 1.61. The van der Waals surface area contributed by atoms with Gasteiger partial charge in [0.1, 0.15) is 0 Å². The Morgan fingerprint density at radius 1 is 1.38 bits per heavy atom. The van der Waals surface area contributed by atoms with E-state index < -0.39 is 0 Å². The van der Waals surface area contributed by atoms with E-state index in [9.17, 15) is 0 Å². The molecular weight excluding hydrogens is 112 g/mol. The third-order valence-electron chi connectivity index (χ3n) is 0.998. The highest BCUT2D eigenvalue weighted by atomic mass is 28.2. The molecule has 0 rings (SSSR count). The third kappa shape index (κ3) is 5.96. The molecule has 0 aliphatic rings. The van der Waals surface area contributed by atoms with Crippen LogP contribution >= 0.6 is 0 Å². The zero-order chi connectivity index (χ0) is 6.57. The molecule has 0 nitrogen and oxygen atoms in total. The maximum absolute atomic E-state index is 2.42. The van der Waals surface area contributed by atoms with Gasteiger partial charge in [-0.25, -0.2) is 0 Å². The third-order valence-corrected chi connectivity index (χ3v) is 2.99. The van der Waals surface area contributed by atoms with Crippen LogP contribution in [-0.4, -0.2) is 9.52 Å². The smallest absolute Gasteiger partial charge is 0.0478 e. The average molecular weight is 128 g/mol. The minimum absolute atomic E-state index is 0.137. The lowest BCUT2D eigenvalue weighted by Gasteiger charge is -1.95. The van der Waals surface area contributed by atoms with Crippen molar-refractivity contribution in [1.29, 1.82) is 0 Å². The summed E-state index contributed by atoms with van der Waals surface area (Å²) in [4.78, 5) is 0. The molecule has 1 heteroatoms. The fourth-order valence-corrected chi connectivity index (χ4v) is 1.41. The maximum Gasteiger partial charge on any atom is 0.0478 e. The van der Waals surface area contributed by atoms with E-state index in [4.69, 9.17) is 0 Å². The highest BCUT2D eigenvalue weighted by Crippen LogP contribution is 1.98. The van der Waals surface area contributed by atoms with Crippen LogP contribution < -0.4 is 0 Å². The Morgan fingerprint density at radius 2 is 1.88 bits per heavy atom. The van der Waals surface area contributed by atoms with Crippen molar-refractivity contribution in [3.8, 4) is 0 Å². The Bertz CT molecular complexity index is 78.4. The number of allylic oxidation sites excluding steroid dienone is 1. The van der Waals surface area contributed by atoms with Crippen LogP contribution in [0.15, 0.2) is 11.3 Å². The number of hydrogen-bond acceptors (Lipinski definition) is 0. The Labute approximate surface area is 54.8 Å². The molecule has 0 amide bonds. The predicted molar refractivity (Wildman–Crippen MR) is 43.1 cm³/mol. The van der Waals surface area contributed by atoms with Gasteiger partial charge in [0, 0.05) is 9.52 Å². The van der Waals surface area contributed by atoms with Crippen LogP contribution in [0, 0.1) is 0 Å². The molecule has 0 unspecified atom stereocenters. The molecule has 0 saturated carbocycles. The molecule has 0 heterocycles. The molecule has 0 fully saturated rings. The second kappa shape index (κ2) is 3.90. The summed E-state index contributed by atoms with van der Waals surface area (Å²) in [5.74, 6) is 0. The van der Waals surface area contributed by atoms with Crippen LogP contribution in [0.2, 0.25) is 5.54 Å². The largest absolute Gasteiger partial charge is 0.103 e. The summed E-state index contributed by atoms with van der Waals surface area (Å²) in [6.45, 7) is 8.95. The van der Waals surface area contributed by atoms with Gasteiger partial charge in [-0.3, -0.25) is 0 Å². The molecule has 8 heavy (non-hydrogen) atoms. The maximum atomic E-state index is 2.42. The van der Waals surface area contributed by atoms with E-state index in [2.05, 4.69) is 33.4 Å². The first-order valence-corrected chi connectivity index (χ1v) is 4.89. The Kier molecular flexibility index (Phi) is 3.88. The SMILES string of the molecule is CC(C)=C[SiH2]C(C)C.